The summed E-state index contributed by atoms with van der Waals surface area (Å²) in [5.41, 5.74) is 0.783. The van der Waals surface area contributed by atoms with E-state index in [2.05, 4.69) is 10.6 Å². The first-order chi connectivity index (χ1) is 13.2. The number of anilines is 2. The maximum atomic E-state index is 13.6. The van der Waals surface area contributed by atoms with Gasteiger partial charge in [-0.15, -0.1) is 0 Å². The van der Waals surface area contributed by atoms with Crippen molar-refractivity contribution in [2.75, 3.05) is 43.4 Å². The Morgan fingerprint density at radius 3 is 2.57 bits per heavy atom. The summed E-state index contributed by atoms with van der Waals surface area (Å²) in [7, 11) is 0. The van der Waals surface area contributed by atoms with Crippen LogP contribution in [0.5, 0.6) is 0 Å². The lowest BCUT2D eigenvalue weighted by Crippen LogP contribution is -2.42. The highest BCUT2D eigenvalue weighted by Gasteiger charge is 2.26. The van der Waals surface area contributed by atoms with E-state index in [0.717, 1.165) is 18.5 Å². The molecule has 28 heavy (non-hydrogen) atoms. The molecular formula is C20H32FN3O4. The molecular weight excluding hydrogens is 365 g/mol. The van der Waals surface area contributed by atoms with E-state index in [0.29, 0.717) is 31.2 Å². The number of hydrogen-bond donors (Lipinski definition) is 4. The fourth-order valence-corrected chi connectivity index (χ4v) is 3.01. The first-order valence-electron chi connectivity index (χ1n) is 9.72. The van der Waals surface area contributed by atoms with Gasteiger partial charge >= 0.3 is 6.09 Å². The summed E-state index contributed by atoms with van der Waals surface area (Å²) >= 11 is 0. The fourth-order valence-electron chi connectivity index (χ4n) is 3.01. The molecule has 0 radical (unpaired) electrons. The lowest BCUT2D eigenvalue weighted by atomic mass is 9.97. The number of aliphatic hydroxyl groups is 2. The van der Waals surface area contributed by atoms with Crippen molar-refractivity contribution >= 4 is 17.5 Å². The predicted molar refractivity (Wildman–Crippen MR) is 107 cm³/mol. The van der Waals surface area contributed by atoms with Crippen molar-refractivity contribution in [2.24, 2.45) is 5.92 Å². The van der Waals surface area contributed by atoms with Gasteiger partial charge in [-0.1, -0.05) is 0 Å². The Balaban J connectivity index is 1.84. The number of benzene rings is 1. The van der Waals surface area contributed by atoms with E-state index >= 15 is 0 Å². The summed E-state index contributed by atoms with van der Waals surface area (Å²) in [5, 5.41) is 24.7. The topological polar surface area (TPSA) is 94.1 Å². The van der Waals surface area contributed by atoms with Crippen LogP contribution in [0.2, 0.25) is 0 Å². The minimum absolute atomic E-state index is 0.128. The zero-order valence-corrected chi connectivity index (χ0v) is 16.9. The van der Waals surface area contributed by atoms with Crippen LogP contribution in [0, 0.1) is 11.7 Å². The smallest absolute Gasteiger partial charge is 0.410 e. The van der Waals surface area contributed by atoms with Crippen molar-refractivity contribution in [1.29, 1.82) is 0 Å². The van der Waals surface area contributed by atoms with Gasteiger partial charge in [-0.25, -0.2) is 9.18 Å². The van der Waals surface area contributed by atoms with E-state index in [-0.39, 0.29) is 25.1 Å². The number of aliphatic hydroxyl groups excluding tert-OH is 2. The minimum atomic E-state index is -0.909. The molecule has 1 unspecified atom stereocenters. The molecule has 7 nitrogen and oxygen atoms in total. The van der Waals surface area contributed by atoms with E-state index in [4.69, 9.17) is 9.84 Å². The third kappa shape index (κ3) is 7.16. The molecule has 0 spiro atoms. The first-order valence-corrected chi connectivity index (χ1v) is 9.72. The van der Waals surface area contributed by atoms with Gasteiger partial charge in [0.25, 0.3) is 0 Å². The van der Waals surface area contributed by atoms with Crippen molar-refractivity contribution in [2.45, 2.75) is 45.3 Å². The third-order valence-corrected chi connectivity index (χ3v) is 4.57. The van der Waals surface area contributed by atoms with E-state index in [1.54, 1.807) is 11.0 Å². The maximum absolute atomic E-state index is 13.6. The minimum Gasteiger partial charge on any atom is -0.444 e. The van der Waals surface area contributed by atoms with Crippen molar-refractivity contribution < 1.29 is 24.1 Å². The van der Waals surface area contributed by atoms with Crippen LogP contribution in [0.1, 0.15) is 33.6 Å². The molecule has 4 N–H and O–H groups in total. The third-order valence-electron chi connectivity index (χ3n) is 4.57. The average Bonchev–Trinajstić information content (AvgIpc) is 2.64. The van der Waals surface area contributed by atoms with Crippen molar-refractivity contribution in [1.82, 2.24) is 4.90 Å². The average molecular weight is 397 g/mol. The van der Waals surface area contributed by atoms with Gasteiger partial charge in [0, 0.05) is 26.2 Å². The summed E-state index contributed by atoms with van der Waals surface area (Å²) in [6, 6.07) is 4.39. The van der Waals surface area contributed by atoms with Crippen molar-refractivity contribution in [3.05, 3.63) is 24.0 Å². The molecule has 0 saturated carbocycles. The number of rotatable bonds is 7. The molecule has 1 atom stereocenters. The second kappa shape index (κ2) is 9.93. The summed E-state index contributed by atoms with van der Waals surface area (Å²) in [4.78, 5) is 13.9. The molecule has 8 heteroatoms. The Hall–Kier alpha value is -2.06. The van der Waals surface area contributed by atoms with E-state index in [1.165, 1.54) is 12.1 Å². The number of ether oxygens (including phenoxy) is 1. The highest BCUT2D eigenvalue weighted by Crippen LogP contribution is 2.25. The Bertz CT molecular complexity index is 643. The van der Waals surface area contributed by atoms with Gasteiger partial charge in [-0.2, -0.15) is 0 Å². The number of piperidine rings is 1. The van der Waals surface area contributed by atoms with Crippen LogP contribution in [-0.2, 0) is 4.74 Å². The highest BCUT2D eigenvalue weighted by atomic mass is 19.1. The maximum Gasteiger partial charge on any atom is 0.410 e. The number of hydrogen-bond acceptors (Lipinski definition) is 6. The lowest BCUT2D eigenvalue weighted by Gasteiger charge is -2.33. The van der Waals surface area contributed by atoms with Gasteiger partial charge < -0.3 is 30.5 Å². The highest BCUT2D eigenvalue weighted by molar-refractivity contribution is 5.69. The van der Waals surface area contributed by atoms with Gasteiger partial charge in [-0.3, -0.25) is 0 Å². The summed E-state index contributed by atoms with van der Waals surface area (Å²) in [6.07, 6.45) is 0.540. The van der Waals surface area contributed by atoms with Crippen LogP contribution < -0.4 is 10.6 Å². The number of carbonyl (C=O) groups excluding carboxylic acids is 1. The molecule has 1 aromatic rings. The van der Waals surface area contributed by atoms with E-state index in [1.807, 2.05) is 20.8 Å². The zero-order chi connectivity index (χ0) is 20.7. The Morgan fingerprint density at radius 1 is 1.29 bits per heavy atom. The van der Waals surface area contributed by atoms with Gasteiger partial charge in [0.15, 0.2) is 0 Å². The Morgan fingerprint density at radius 2 is 1.96 bits per heavy atom. The SMILES string of the molecule is CC(C)(C)OC(=O)N1CCC(CNc2ccc(F)cc2NCC(O)CO)CC1. The predicted octanol–water partition coefficient (Wildman–Crippen LogP) is 2.65. The van der Waals surface area contributed by atoms with Crippen molar-refractivity contribution in [3.63, 3.8) is 0 Å². The molecule has 1 amide bonds. The molecule has 1 aliphatic heterocycles. The molecule has 1 aromatic carbocycles. The van der Waals surface area contributed by atoms with E-state index < -0.39 is 11.7 Å². The number of likely N-dealkylation sites (tertiary alicyclic amines) is 1. The zero-order valence-electron chi connectivity index (χ0n) is 16.9. The Kier molecular flexibility index (Phi) is 7.88. The second-order valence-electron chi connectivity index (χ2n) is 8.20. The molecule has 1 heterocycles. The number of nitrogens with one attached hydrogen (secondary N) is 2. The molecule has 158 valence electrons. The Labute approximate surface area is 165 Å². The molecule has 0 aliphatic carbocycles. The summed E-state index contributed by atoms with van der Waals surface area (Å²) in [6.45, 7) is 7.34. The monoisotopic (exact) mass is 397 g/mol. The van der Waals surface area contributed by atoms with Gasteiger partial charge in [-0.05, 0) is 57.7 Å². The molecule has 1 saturated heterocycles. The number of nitrogens with zero attached hydrogens (tertiary/aromatic N) is 1. The second-order valence-corrected chi connectivity index (χ2v) is 8.20. The molecule has 2 rings (SSSR count). The summed E-state index contributed by atoms with van der Waals surface area (Å²) in [5.74, 6) is 0.0110. The lowest BCUT2D eigenvalue weighted by molar-refractivity contribution is 0.0188. The molecule has 1 aliphatic rings. The largest absolute Gasteiger partial charge is 0.444 e. The van der Waals surface area contributed by atoms with E-state index in [9.17, 15) is 14.3 Å². The molecule has 0 aromatic heterocycles. The quantitative estimate of drug-likeness (QED) is 0.565. The van der Waals surface area contributed by atoms with Crippen LogP contribution in [0.3, 0.4) is 0 Å². The van der Waals surface area contributed by atoms with Crippen LogP contribution in [0.25, 0.3) is 0 Å². The van der Waals surface area contributed by atoms with Crippen LogP contribution >= 0.6 is 0 Å². The van der Waals surface area contributed by atoms with Crippen LogP contribution in [-0.4, -0.2) is 65.7 Å². The van der Waals surface area contributed by atoms with Gasteiger partial charge in [0.1, 0.15) is 11.4 Å². The first kappa shape index (κ1) is 22.2. The van der Waals surface area contributed by atoms with Crippen LogP contribution in [0.4, 0.5) is 20.6 Å². The standard InChI is InChI=1S/C20H32FN3O4/c1-20(2,3)28-19(27)24-8-6-14(7-9-24)11-22-17-5-4-15(21)10-18(17)23-12-16(26)13-25/h4-5,10,14,16,22-23,25-26H,6-9,11-13H2,1-3H3. The number of halogens is 1. The van der Waals surface area contributed by atoms with Crippen LogP contribution in [0.15, 0.2) is 18.2 Å². The fraction of sp³-hybridized carbons (Fsp3) is 0.650. The number of amides is 1. The van der Waals surface area contributed by atoms with Gasteiger partial charge in [0.2, 0.25) is 0 Å². The molecule has 0 bridgehead atoms. The number of carbonyl (C=O) groups is 1. The van der Waals surface area contributed by atoms with Crippen molar-refractivity contribution in [3.8, 4) is 0 Å². The normalized spacial score (nSPS) is 16.6. The summed E-state index contributed by atoms with van der Waals surface area (Å²) < 4.78 is 19.0. The molecule has 1 fully saturated rings. The van der Waals surface area contributed by atoms with Gasteiger partial charge in [0.05, 0.1) is 24.1 Å².